The van der Waals surface area contributed by atoms with Gasteiger partial charge >= 0.3 is 0 Å². The maximum atomic E-state index is 9.00. The first-order chi connectivity index (χ1) is 8.60. The topological polar surface area (TPSA) is 74.7 Å². The molecular formula is C12H8Cl2N4. The van der Waals surface area contributed by atoms with Crippen molar-refractivity contribution in [2.24, 2.45) is 0 Å². The summed E-state index contributed by atoms with van der Waals surface area (Å²) >= 11 is 11.9. The van der Waals surface area contributed by atoms with Crippen LogP contribution < -0.4 is 11.1 Å². The predicted octanol–water partition coefficient (Wildman–Crippen LogP) is 3.59. The fourth-order valence-electron chi connectivity index (χ4n) is 1.39. The number of halogens is 2. The van der Waals surface area contributed by atoms with E-state index in [0.717, 1.165) is 0 Å². The molecule has 0 fully saturated rings. The average Bonchev–Trinajstić information content (AvgIpc) is 2.36. The van der Waals surface area contributed by atoms with E-state index in [-0.39, 0.29) is 0 Å². The first-order valence-corrected chi connectivity index (χ1v) is 5.73. The fraction of sp³-hybridized carbons (Fsp3) is 0. The highest BCUT2D eigenvalue weighted by Crippen LogP contribution is 2.29. The fourth-order valence-corrected chi connectivity index (χ4v) is 1.72. The molecule has 2 rings (SSSR count). The number of nitrogen functional groups attached to an aromatic ring is 1. The molecule has 0 unspecified atom stereocenters. The van der Waals surface area contributed by atoms with Gasteiger partial charge in [0.05, 0.1) is 28.2 Å². The lowest BCUT2D eigenvalue weighted by atomic mass is 10.2. The van der Waals surface area contributed by atoms with Crippen molar-refractivity contribution in [3.05, 3.63) is 46.1 Å². The van der Waals surface area contributed by atoms with Gasteiger partial charge < -0.3 is 11.1 Å². The minimum absolute atomic E-state index is 0.339. The van der Waals surface area contributed by atoms with E-state index in [9.17, 15) is 0 Å². The van der Waals surface area contributed by atoms with E-state index in [1.165, 1.54) is 12.3 Å². The second-order valence-corrected chi connectivity index (χ2v) is 4.37. The Labute approximate surface area is 114 Å². The molecule has 3 N–H and O–H groups in total. The Morgan fingerprint density at radius 1 is 1.28 bits per heavy atom. The van der Waals surface area contributed by atoms with Crippen molar-refractivity contribution in [3.63, 3.8) is 0 Å². The van der Waals surface area contributed by atoms with Crippen LogP contribution >= 0.6 is 23.2 Å². The second kappa shape index (κ2) is 5.13. The zero-order valence-corrected chi connectivity index (χ0v) is 10.6. The van der Waals surface area contributed by atoms with Gasteiger partial charge in [0, 0.05) is 5.02 Å². The van der Waals surface area contributed by atoms with Crippen molar-refractivity contribution in [1.29, 1.82) is 5.26 Å². The molecule has 6 heteroatoms. The van der Waals surface area contributed by atoms with Crippen molar-refractivity contribution < 1.29 is 0 Å². The molecule has 0 radical (unpaired) electrons. The highest BCUT2D eigenvalue weighted by atomic mass is 35.5. The monoisotopic (exact) mass is 278 g/mol. The van der Waals surface area contributed by atoms with Crippen molar-refractivity contribution >= 4 is 40.4 Å². The smallest absolute Gasteiger partial charge is 0.148 e. The molecule has 0 saturated heterocycles. The number of aromatic nitrogens is 1. The normalized spacial score (nSPS) is 9.83. The van der Waals surface area contributed by atoms with Crippen LogP contribution in [0.25, 0.3) is 0 Å². The summed E-state index contributed by atoms with van der Waals surface area (Å²) in [5.74, 6) is 0.385. The Morgan fingerprint density at radius 3 is 2.78 bits per heavy atom. The molecule has 90 valence electrons. The van der Waals surface area contributed by atoms with Crippen LogP contribution in [-0.2, 0) is 0 Å². The number of hydrogen-bond donors (Lipinski definition) is 2. The number of pyridine rings is 1. The summed E-state index contributed by atoms with van der Waals surface area (Å²) < 4.78 is 0. The summed E-state index contributed by atoms with van der Waals surface area (Å²) in [6, 6.07) is 8.54. The molecule has 0 spiro atoms. The highest BCUT2D eigenvalue weighted by molar-refractivity contribution is 6.35. The van der Waals surface area contributed by atoms with Crippen LogP contribution in [0, 0.1) is 11.3 Å². The number of nitrogens with two attached hydrogens (primary N) is 1. The van der Waals surface area contributed by atoms with Crippen LogP contribution in [0.5, 0.6) is 0 Å². The SMILES string of the molecule is N#Cc1cc(N)cnc1Nc1cc(Cl)ccc1Cl. The molecule has 0 atom stereocenters. The molecular weight excluding hydrogens is 271 g/mol. The minimum Gasteiger partial charge on any atom is -0.397 e. The molecule has 1 aromatic carbocycles. The van der Waals surface area contributed by atoms with E-state index in [1.54, 1.807) is 18.2 Å². The third-order valence-corrected chi connectivity index (χ3v) is 2.78. The maximum absolute atomic E-state index is 9.00. The van der Waals surface area contributed by atoms with E-state index in [1.807, 2.05) is 6.07 Å². The third-order valence-electron chi connectivity index (χ3n) is 2.21. The minimum atomic E-state index is 0.339. The first kappa shape index (κ1) is 12.5. The van der Waals surface area contributed by atoms with E-state index in [2.05, 4.69) is 10.3 Å². The summed E-state index contributed by atoms with van der Waals surface area (Å²) in [6.45, 7) is 0. The maximum Gasteiger partial charge on any atom is 0.148 e. The van der Waals surface area contributed by atoms with Gasteiger partial charge in [-0.3, -0.25) is 0 Å². The van der Waals surface area contributed by atoms with Gasteiger partial charge in [0.2, 0.25) is 0 Å². The molecule has 4 nitrogen and oxygen atoms in total. The quantitative estimate of drug-likeness (QED) is 0.880. The van der Waals surface area contributed by atoms with Gasteiger partial charge in [-0.15, -0.1) is 0 Å². The number of rotatable bonds is 2. The molecule has 18 heavy (non-hydrogen) atoms. The Hall–Kier alpha value is -1.96. The molecule has 0 amide bonds. The average molecular weight is 279 g/mol. The predicted molar refractivity (Wildman–Crippen MR) is 73.1 cm³/mol. The third kappa shape index (κ3) is 2.65. The lowest BCUT2D eigenvalue weighted by molar-refractivity contribution is 1.29. The van der Waals surface area contributed by atoms with Gasteiger partial charge in [0.1, 0.15) is 11.9 Å². The Kier molecular flexibility index (Phi) is 3.56. The zero-order chi connectivity index (χ0) is 13.1. The second-order valence-electron chi connectivity index (χ2n) is 3.53. The summed E-state index contributed by atoms with van der Waals surface area (Å²) in [5.41, 5.74) is 6.91. The van der Waals surface area contributed by atoms with Crippen LogP contribution in [0.4, 0.5) is 17.2 Å². The van der Waals surface area contributed by atoms with Crippen LogP contribution in [0.15, 0.2) is 30.5 Å². The number of benzene rings is 1. The van der Waals surface area contributed by atoms with Crippen molar-refractivity contribution in [2.75, 3.05) is 11.1 Å². The van der Waals surface area contributed by atoms with Crippen LogP contribution in [-0.4, -0.2) is 4.98 Å². The van der Waals surface area contributed by atoms with Gasteiger partial charge in [-0.1, -0.05) is 23.2 Å². The molecule has 0 aliphatic rings. The van der Waals surface area contributed by atoms with E-state index < -0.39 is 0 Å². The number of nitrogens with zero attached hydrogens (tertiary/aromatic N) is 2. The van der Waals surface area contributed by atoms with Crippen molar-refractivity contribution in [2.45, 2.75) is 0 Å². The van der Waals surface area contributed by atoms with Crippen molar-refractivity contribution in [1.82, 2.24) is 4.98 Å². The Bertz CT molecular complexity index is 634. The highest BCUT2D eigenvalue weighted by Gasteiger charge is 2.07. The molecule has 0 saturated carbocycles. The van der Waals surface area contributed by atoms with Gasteiger partial charge in [-0.25, -0.2) is 4.98 Å². The zero-order valence-electron chi connectivity index (χ0n) is 9.11. The summed E-state index contributed by atoms with van der Waals surface area (Å²) in [4.78, 5) is 4.05. The van der Waals surface area contributed by atoms with Crippen LogP contribution in [0.3, 0.4) is 0 Å². The summed E-state index contributed by atoms with van der Waals surface area (Å²) in [7, 11) is 0. The lowest BCUT2D eigenvalue weighted by Gasteiger charge is -2.09. The number of anilines is 3. The van der Waals surface area contributed by atoms with Crippen molar-refractivity contribution in [3.8, 4) is 6.07 Å². The van der Waals surface area contributed by atoms with Gasteiger partial charge in [0.25, 0.3) is 0 Å². The molecule has 2 aromatic rings. The molecule has 1 aromatic heterocycles. The van der Waals surface area contributed by atoms with E-state index in [4.69, 9.17) is 34.2 Å². The lowest BCUT2D eigenvalue weighted by Crippen LogP contribution is -1.99. The van der Waals surface area contributed by atoms with Crippen LogP contribution in [0.1, 0.15) is 5.56 Å². The number of nitrogens with one attached hydrogen (secondary N) is 1. The largest absolute Gasteiger partial charge is 0.397 e. The standard InChI is InChI=1S/C12H8Cl2N4/c13-8-1-2-10(14)11(4-8)18-12-7(5-15)3-9(16)6-17-12/h1-4,6H,16H2,(H,17,18). The van der Waals surface area contributed by atoms with E-state index in [0.29, 0.717) is 32.8 Å². The molecule has 1 heterocycles. The first-order valence-electron chi connectivity index (χ1n) is 4.98. The van der Waals surface area contributed by atoms with Gasteiger partial charge in [-0.05, 0) is 24.3 Å². The van der Waals surface area contributed by atoms with E-state index >= 15 is 0 Å². The Balaban J connectivity index is 2.40. The summed E-state index contributed by atoms with van der Waals surface area (Å²) in [5, 5.41) is 13.0. The summed E-state index contributed by atoms with van der Waals surface area (Å²) in [6.07, 6.45) is 1.46. The van der Waals surface area contributed by atoms with Gasteiger partial charge in [0.15, 0.2) is 0 Å². The number of nitriles is 1. The molecule has 0 bridgehead atoms. The van der Waals surface area contributed by atoms with Crippen LogP contribution in [0.2, 0.25) is 10.0 Å². The molecule has 0 aliphatic heterocycles. The Morgan fingerprint density at radius 2 is 2.06 bits per heavy atom. The van der Waals surface area contributed by atoms with Gasteiger partial charge in [-0.2, -0.15) is 5.26 Å². The number of hydrogen-bond acceptors (Lipinski definition) is 4. The molecule has 0 aliphatic carbocycles.